The average Bonchev–Trinajstić information content (AvgIpc) is 2.66. The molecule has 0 saturated carbocycles. The first-order valence-electron chi connectivity index (χ1n) is 8.99. The van der Waals surface area contributed by atoms with Crippen molar-refractivity contribution in [1.82, 2.24) is 5.32 Å². The van der Waals surface area contributed by atoms with Crippen LogP contribution in [-0.4, -0.2) is 45.5 Å². The Hall–Kier alpha value is -2.19. The summed E-state index contributed by atoms with van der Waals surface area (Å²) in [5, 5.41) is 2.85. The average molecular weight is 421 g/mol. The van der Waals surface area contributed by atoms with Gasteiger partial charge in [-0.05, 0) is 30.2 Å². The van der Waals surface area contributed by atoms with Crippen LogP contribution in [0.1, 0.15) is 11.1 Å². The van der Waals surface area contributed by atoms with Crippen LogP contribution in [0, 0.1) is 6.92 Å². The minimum absolute atomic E-state index is 0.0295. The molecule has 1 aliphatic rings. The maximum absolute atomic E-state index is 12.5. The number of aryl methyl sites for hydroxylation is 1. The summed E-state index contributed by atoms with van der Waals surface area (Å²) in [5.74, 6) is 1.74. The van der Waals surface area contributed by atoms with Gasteiger partial charge in [0.05, 0.1) is 18.5 Å². The molecule has 0 saturated heterocycles. The molecule has 6 nitrogen and oxygen atoms in total. The highest BCUT2D eigenvalue weighted by molar-refractivity contribution is 7.98. The van der Waals surface area contributed by atoms with E-state index in [2.05, 4.69) is 17.4 Å². The van der Waals surface area contributed by atoms with Crippen LogP contribution in [-0.2, 0) is 20.6 Å². The maximum Gasteiger partial charge on any atom is 0.263 e. The van der Waals surface area contributed by atoms with Crippen molar-refractivity contribution in [3.8, 4) is 5.75 Å². The third kappa shape index (κ3) is 5.20. The molecular formula is C20H24N2O4S2. The summed E-state index contributed by atoms with van der Waals surface area (Å²) in [6, 6.07) is 15.4. The Kier molecular flexibility index (Phi) is 6.51. The number of nitrogens with one attached hydrogen (secondary N) is 1. The van der Waals surface area contributed by atoms with Gasteiger partial charge in [-0.15, -0.1) is 0 Å². The van der Waals surface area contributed by atoms with E-state index in [1.165, 1.54) is 9.87 Å². The van der Waals surface area contributed by atoms with E-state index in [-0.39, 0.29) is 12.5 Å². The molecule has 0 bridgehead atoms. The molecule has 3 rings (SSSR count). The highest BCUT2D eigenvalue weighted by Crippen LogP contribution is 2.35. The monoisotopic (exact) mass is 420 g/mol. The number of thioether (sulfide) groups is 1. The third-order valence-electron chi connectivity index (χ3n) is 4.33. The van der Waals surface area contributed by atoms with Gasteiger partial charge in [-0.1, -0.05) is 36.4 Å². The molecule has 28 heavy (non-hydrogen) atoms. The Bertz CT molecular complexity index is 932. The van der Waals surface area contributed by atoms with Gasteiger partial charge in [0.15, 0.2) is 6.10 Å². The summed E-state index contributed by atoms with van der Waals surface area (Å²) in [6.07, 6.45) is 0.267. The number of anilines is 1. The van der Waals surface area contributed by atoms with E-state index in [1.807, 2.05) is 31.2 Å². The second-order valence-corrected chi connectivity index (χ2v) is 9.71. The van der Waals surface area contributed by atoms with Crippen LogP contribution in [0.15, 0.2) is 48.5 Å². The summed E-state index contributed by atoms with van der Waals surface area (Å²) < 4.78 is 31.4. The molecule has 1 heterocycles. The van der Waals surface area contributed by atoms with Crippen molar-refractivity contribution in [2.75, 3.05) is 29.4 Å². The van der Waals surface area contributed by atoms with Gasteiger partial charge in [0.1, 0.15) is 5.75 Å². The topological polar surface area (TPSA) is 75.7 Å². The van der Waals surface area contributed by atoms with Gasteiger partial charge in [-0.2, -0.15) is 11.8 Å². The zero-order valence-corrected chi connectivity index (χ0v) is 17.6. The molecule has 0 aliphatic carbocycles. The Labute approximate surface area is 170 Å². The van der Waals surface area contributed by atoms with E-state index >= 15 is 0 Å². The second kappa shape index (κ2) is 8.87. The summed E-state index contributed by atoms with van der Waals surface area (Å²) in [7, 11) is -3.51. The van der Waals surface area contributed by atoms with Crippen LogP contribution >= 0.6 is 11.8 Å². The lowest BCUT2D eigenvalue weighted by Crippen LogP contribution is -2.50. The zero-order chi connectivity index (χ0) is 20.1. The molecule has 0 spiro atoms. The first-order chi connectivity index (χ1) is 13.3. The minimum atomic E-state index is -3.51. The van der Waals surface area contributed by atoms with Crippen LogP contribution in [0.2, 0.25) is 0 Å². The Morgan fingerprint density at radius 2 is 2.00 bits per heavy atom. The molecule has 150 valence electrons. The van der Waals surface area contributed by atoms with Crippen LogP contribution < -0.4 is 14.4 Å². The zero-order valence-electron chi connectivity index (χ0n) is 15.9. The number of rotatable bonds is 7. The summed E-state index contributed by atoms with van der Waals surface area (Å²) >= 11 is 1.73. The largest absolute Gasteiger partial charge is 0.476 e. The summed E-state index contributed by atoms with van der Waals surface area (Å²) in [4.78, 5) is 12.5. The SMILES string of the molecule is Cc1ccc2c(c1)N(S(C)(=O)=O)CC(C(=O)NCCSCc1ccccc1)O2. The molecule has 1 unspecified atom stereocenters. The van der Waals surface area contributed by atoms with Crippen molar-refractivity contribution in [3.05, 3.63) is 59.7 Å². The van der Waals surface area contributed by atoms with Crippen LogP contribution in [0.5, 0.6) is 5.75 Å². The number of carbonyl (C=O) groups excluding carboxylic acids is 1. The van der Waals surface area contributed by atoms with Gasteiger partial charge in [0.25, 0.3) is 5.91 Å². The minimum Gasteiger partial charge on any atom is -0.476 e. The van der Waals surface area contributed by atoms with E-state index in [0.717, 1.165) is 23.3 Å². The summed E-state index contributed by atoms with van der Waals surface area (Å²) in [5.41, 5.74) is 2.64. The van der Waals surface area contributed by atoms with Crippen molar-refractivity contribution >= 4 is 33.4 Å². The van der Waals surface area contributed by atoms with Crippen molar-refractivity contribution in [1.29, 1.82) is 0 Å². The fourth-order valence-electron chi connectivity index (χ4n) is 2.94. The standard InChI is InChI=1S/C20H24N2O4S2/c1-15-8-9-18-17(12-15)22(28(2,24)25)13-19(26-18)20(23)21-10-11-27-14-16-6-4-3-5-7-16/h3-9,12,19H,10-11,13-14H2,1-2H3,(H,21,23). The molecule has 0 radical (unpaired) electrons. The van der Waals surface area contributed by atoms with Gasteiger partial charge in [-0.25, -0.2) is 8.42 Å². The number of ether oxygens (including phenoxy) is 1. The number of nitrogens with zero attached hydrogens (tertiary/aromatic N) is 1. The van der Waals surface area contributed by atoms with Crippen LogP contribution in [0.25, 0.3) is 0 Å². The number of hydrogen-bond acceptors (Lipinski definition) is 5. The Morgan fingerprint density at radius 3 is 2.71 bits per heavy atom. The van der Waals surface area contributed by atoms with Gasteiger partial charge < -0.3 is 10.1 Å². The molecule has 1 atom stereocenters. The van der Waals surface area contributed by atoms with Gasteiger partial charge in [0, 0.05) is 18.1 Å². The second-order valence-electron chi connectivity index (χ2n) is 6.70. The number of benzene rings is 2. The van der Waals surface area contributed by atoms with Crippen molar-refractivity contribution < 1.29 is 17.9 Å². The smallest absolute Gasteiger partial charge is 0.263 e. The fraction of sp³-hybridized carbons (Fsp3) is 0.350. The van der Waals surface area contributed by atoms with Gasteiger partial charge in [0.2, 0.25) is 10.0 Å². The molecule has 2 aromatic carbocycles. The lowest BCUT2D eigenvalue weighted by atomic mass is 10.1. The normalized spacial score (nSPS) is 16.2. The van der Waals surface area contributed by atoms with Crippen molar-refractivity contribution in [3.63, 3.8) is 0 Å². The molecular weight excluding hydrogens is 396 g/mol. The molecule has 1 N–H and O–H groups in total. The number of carbonyl (C=O) groups is 1. The maximum atomic E-state index is 12.5. The predicted molar refractivity (Wildman–Crippen MR) is 113 cm³/mol. The number of fused-ring (bicyclic) bond motifs is 1. The highest BCUT2D eigenvalue weighted by Gasteiger charge is 2.34. The Morgan fingerprint density at radius 1 is 1.25 bits per heavy atom. The number of amides is 1. The van der Waals surface area contributed by atoms with E-state index < -0.39 is 16.1 Å². The van der Waals surface area contributed by atoms with Crippen molar-refractivity contribution in [2.45, 2.75) is 18.8 Å². The third-order valence-corrected chi connectivity index (χ3v) is 6.51. The first-order valence-corrected chi connectivity index (χ1v) is 12.0. The molecule has 2 aromatic rings. The van der Waals surface area contributed by atoms with E-state index in [9.17, 15) is 13.2 Å². The summed E-state index contributed by atoms with van der Waals surface area (Å²) in [6.45, 7) is 2.35. The number of hydrogen-bond donors (Lipinski definition) is 1. The molecule has 0 fully saturated rings. The molecule has 1 amide bonds. The quantitative estimate of drug-likeness (QED) is 0.697. The van der Waals surface area contributed by atoms with E-state index in [0.29, 0.717) is 18.0 Å². The van der Waals surface area contributed by atoms with Crippen LogP contribution in [0.4, 0.5) is 5.69 Å². The van der Waals surface area contributed by atoms with E-state index in [1.54, 1.807) is 23.9 Å². The molecule has 0 aromatic heterocycles. The predicted octanol–water partition coefficient (Wildman–Crippen LogP) is 2.57. The lowest BCUT2D eigenvalue weighted by Gasteiger charge is -2.34. The van der Waals surface area contributed by atoms with Crippen LogP contribution in [0.3, 0.4) is 0 Å². The fourth-order valence-corrected chi connectivity index (χ4v) is 4.66. The molecule has 1 aliphatic heterocycles. The Balaban J connectivity index is 1.56. The van der Waals surface area contributed by atoms with E-state index in [4.69, 9.17) is 4.74 Å². The lowest BCUT2D eigenvalue weighted by molar-refractivity contribution is -0.127. The molecule has 8 heteroatoms. The first kappa shape index (κ1) is 20.5. The number of sulfonamides is 1. The highest BCUT2D eigenvalue weighted by atomic mass is 32.2. The van der Waals surface area contributed by atoms with Gasteiger partial charge >= 0.3 is 0 Å². The van der Waals surface area contributed by atoms with Gasteiger partial charge in [-0.3, -0.25) is 9.10 Å². The van der Waals surface area contributed by atoms with Crippen molar-refractivity contribution in [2.24, 2.45) is 0 Å².